The summed E-state index contributed by atoms with van der Waals surface area (Å²) in [6.45, 7) is -0.213. The molecule has 1 aliphatic rings. The van der Waals surface area contributed by atoms with Crippen molar-refractivity contribution < 1.29 is 18.0 Å². The van der Waals surface area contributed by atoms with Gasteiger partial charge in [0, 0.05) is 16.5 Å². The molecule has 1 fully saturated rings. The smallest absolute Gasteiger partial charge is 0.297 e. The molecule has 3 aromatic rings. The highest BCUT2D eigenvalue weighted by atomic mass is 35.5. The average molecular weight is 498 g/mol. The molecule has 2 aromatic carbocycles. The summed E-state index contributed by atoms with van der Waals surface area (Å²) in [6.07, 6.45) is 0.0773. The summed E-state index contributed by atoms with van der Waals surface area (Å²) >= 11 is 12.3. The van der Waals surface area contributed by atoms with Crippen LogP contribution >= 0.6 is 23.2 Å². The Bertz CT molecular complexity index is 1230. The number of carbonyl (C=O) groups is 1. The van der Waals surface area contributed by atoms with Gasteiger partial charge >= 0.3 is 11.9 Å². The number of hydrogen-bond donors (Lipinski definition) is 0. The third kappa shape index (κ3) is 5.01. The quantitative estimate of drug-likeness (QED) is 0.423. The van der Waals surface area contributed by atoms with Crippen LogP contribution in [0.4, 0.5) is 13.2 Å². The monoisotopic (exact) mass is 497 g/mol. The first-order chi connectivity index (χ1) is 15.6. The number of Topliss-reactive ketones (excluding diaryl/α,β-unsaturated/α-hetero) is 1. The summed E-state index contributed by atoms with van der Waals surface area (Å²) in [6, 6.07) is 8.77. The van der Waals surface area contributed by atoms with Crippen LogP contribution in [0.15, 0.2) is 47.3 Å². The van der Waals surface area contributed by atoms with Gasteiger partial charge in [-0.3, -0.25) is 4.79 Å². The van der Waals surface area contributed by atoms with Crippen molar-refractivity contribution in [1.29, 1.82) is 0 Å². The average Bonchev–Trinajstić information content (AvgIpc) is 3.09. The molecule has 5 nitrogen and oxygen atoms in total. The lowest BCUT2D eigenvalue weighted by Crippen LogP contribution is -2.30. The lowest BCUT2D eigenvalue weighted by Gasteiger charge is -2.19. The minimum Gasteiger partial charge on any atom is -0.297 e. The predicted molar refractivity (Wildman–Crippen MR) is 120 cm³/mol. The first-order valence-corrected chi connectivity index (χ1v) is 11.3. The number of aromatic nitrogens is 3. The van der Waals surface area contributed by atoms with Gasteiger partial charge in [-0.05, 0) is 55.3 Å². The van der Waals surface area contributed by atoms with Gasteiger partial charge in [-0.2, -0.15) is 13.2 Å². The van der Waals surface area contributed by atoms with E-state index in [2.05, 4.69) is 5.10 Å². The number of nitrogens with zero attached hydrogens (tertiary/aromatic N) is 3. The molecule has 0 radical (unpaired) electrons. The number of hydrogen-bond acceptors (Lipinski definition) is 3. The number of benzene rings is 2. The zero-order chi connectivity index (χ0) is 23.8. The molecule has 1 saturated carbocycles. The third-order valence-electron chi connectivity index (χ3n) is 5.83. The van der Waals surface area contributed by atoms with Crippen molar-refractivity contribution in [3.63, 3.8) is 0 Å². The van der Waals surface area contributed by atoms with Crippen molar-refractivity contribution >= 4 is 29.0 Å². The first-order valence-electron chi connectivity index (χ1n) is 10.5. The summed E-state index contributed by atoms with van der Waals surface area (Å²) < 4.78 is 41.2. The van der Waals surface area contributed by atoms with Crippen LogP contribution in [0.1, 0.15) is 37.7 Å². The van der Waals surface area contributed by atoms with E-state index in [1.807, 2.05) is 0 Å². The minimum absolute atomic E-state index is 0.0809. The molecule has 0 atom stereocenters. The Balaban J connectivity index is 1.79. The van der Waals surface area contributed by atoms with Gasteiger partial charge in [-0.25, -0.2) is 14.0 Å². The minimum atomic E-state index is -4.51. The summed E-state index contributed by atoms with van der Waals surface area (Å²) in [5.74, 6) is -0.0927. The van der Waals surface area contributed by atoms with E-state index in [0.717, 1.165) is 53.5 Å². The Hall–Kier alpha value is -2.58. The zero-order valence-corrected chi connectivity index (χ0v) is 18.9. The lowest BCUT2D eigenvalue weighted by molar-refractivity contribution is -0.137. The summed E-state index contributed by atoms with van der Waals surface area (Å²) in [5.41, 5.74) is -0.947. The molecule has 0 N–H and O–H groups in total. The largest absolute Gasteiger partial charge is 0.416 e. The summed E-state index contributed by atoms with van der Waals surface area (Å²) in [5, 5.41) is 4.94. The van der Waals surface area contributed by atoms with Gasteiger partial charge in [0.25, 0.3) is 0 Å². The molecule has 1 heterocycles. The Labute approximate surface area is 197 Å². The molecular formula is C23H20Cl2F3N3O2. The van der Waals surface area contributed by atoms with E-state index in [-0.39, 0.29) is 34.8 Å². The second kappa shape index (κ2) is 9.35. The van der Waals surface area contributed by atoms with Crippen LogP contribution in [-0.4, -0.2) is 20.1 Å². The molecule has 174 valence electrons. The number of halogens is 5. The zero-order valence-electron chi connectivity index (χ0n) is 17.4. The molecule has 0 unspecified atom stereocenters. The van der Waals surface area contributed by atoms with E-state index in [1.54, 1.807) is 12.1 Å². The van der Waals surface area contributed by atoms with E-state index in [1.165, 1.54) is 18.2 Å². The highest BCUT2D eigenvalue weighted by Gasteiger charge is 2.30. The molecule has 4 rings (SSSR count). The van der Waals surface area contributed by atoms with Crippen LogP contribution in [0, 0.1) is 5.92 Å². The van der Waals surface area contributed by atoms with Gasteiger partial charge in [-0.1, -0.05) is 42.5 Å². The molecule has 10 heteroatoms. The fourth-order valence-electron chi connectivity index (χ4n) is 4.09. The van der Waals surface area contributed by atoms with Crippen LogP contribution in [-0.2, 0) is 17.5 Å². The molecule has 0 saturated heterocycles. The molecule has 0 amide bonds. The Morgan fingerprint density at radius 2 is 1.70 bits per heavy atom. The molecular weight excluding hydrogens is 478 g/mol. The highest BCUT2D eigenvalue weighted by Crippen LogP contribution is 2.32. The second-order valence-electron chi connectivity index (χ2n) is 8.07. The summed E-state index contributed by atoms with van der Waals surface area (Å²) in [7, 11) is 0. The molecule has 33 heavy (non-hydrogen) atoms. The van der Waals surface area contributed by atoms with Crippen molar-refractivity contribution in [1.82, 2.24) is 14.3 Å². The number of rotatable bonds is 5. The van der Waals surface area contributed by atoms with Gasteiger partial charge in [0.2, 0.25) is 0 Å². The number of ketones is 1. The van der Waals surface area contributed by atoms with Gasteiger partial charge in [0.15, 0.2) is 11.6 Å². The maximum Gasteiger partial charge on any atom is 0.416 e. The van der Waals surface area contributed by atoms with Crippen LogP contribution in [0.5, 0.6) is 0 Å². The fourth-order valence-corrected chi connectivity index (χ4v) is 4.58. The number of carbonyl (C=O) groups excluding carboxylic acids is 1. The maximum atomic E-state index is 13.3. The van der Waals surface area contributed by atoms with Gasteiger partial charge in [0.05, 0.1) is 16.3 Å². The Morgan fingerprint density at radius 3 is 2.30 bits per heavy atom. The topological polar surface area (TPSA) is 56.9 Å². The fraction of sp³-hybridized carbons (Fsp3) is 0.348. The Morgan fingerprint density at radius 1 is 1.03 bits per heavy atom. The van der Waals surface area contributed by atoms with Crippen molar-refractivity contribution in [3.05, 3.63) is 68.6 Å². The van der Waals surface area contributed by atoms with Gasteiger partial charge in [-0.15, -0.1) is 5.10 Å². The number of alkyl halides is 3. The predicted octanol–water partition coefficient (Wildman–Crippen LogP) is 6.18. The normalized spacial score (nSPS) is 15.1. The highest BCUT2D eigenvalue weighted by molar-refractivity contribution is 6.36. The molecule has 0 aliphatic heterocycles. The van der Waals surface area contributed by atoms with Crippen molar-refractivity contribution in [2.45, 2.75) is 44.8 Å². The molecule has 1 aliphatic carbocycles. The van der Waals surface area contributed by atoms with Crippen molar-refractivity contribution in [2.75, 3.05) is 0 Å². The van der Waals surface area contributed by atoms with E-state index in [0.29, 0.717) is 10.6 Å². The molecule has 1 aromatic heterocycles. The van der Waals surface area contributed by atoms with Crippen molar-refractivity contribution in [2.24, 2.45) is 5.92 Å². The van der Waals surface area contributed by atoms with Crippen LogP contribution in [0.2, 0.25) is 10.0 Å². The van der Waals surface area contributed by atoms with Crippen LogP contribution in [0.25, 0.3) is 17.1 Å². The van der Waals surface area contributed by atoms with Crippen LogP contribution in [0.3, 0.4) is 0 Å². The van der Waals surface area contributed by atoms with E-state index in [4.69, 9.17) is 23.2 Å². The van der Waals surface area contributed by atoms with E-state index >= 15 is 0 Å². The van der Waals surface area contributed by atoms with E-state index in [9.17, 15) is 22.8 Å². The molecule has 0 spiro atoms. The summed E-state index contributed by atoms with van der Waals surface area (Å²) in [4.78, 5) is 26.1. The standard InChI is InChI=1S/C23H20Cl2F3N3O2/c24-16-8-11-18(19(25)12-16)21-29-30(13-20(32)14-4-2-1-3-5-14)22(33)31(21)17-9-6-15(7-10-17)23(26,27)28/h6-12,14H,1-5,13H2. The molecule has 0 bridgehead atoms. The van der Waals surface area contributed by atoms with Gasteiger partial charge < -0.3 is 0 Å². The lowest BCUT2D eigenvalue weighted by atomic mass is 9.86. The first kappa shape index (κ1) is 23.6. The second-order valence-corrected chi connectivity index (χ2v) is 8.91. The maximum absolute atomic E-state index is 13.3. The SMILES string of the molecule is O=C(Cn1nc(-c2ccc(Cl)cc2Cl)n(-c2ccc(C(F)(F)F)cc2)c1=O)C1CCCCC1. The Kier molecular flexibility index (Phi) is 6.68. The third-order valence-corrected chi connectivity index (χ3v) is 6.38. The van der Waals surface area contributed by atoms with Crippen molar-refractivity contribution in [3.8, 4) is 17.1 Å². The van der Waals surface area contributed by atoms with Gasteiger partial charge in [0.1, 0.15) is 6.54 Å². The van der Waals surface area contributed by atoms with Crippen LogP contribution < -0.4 is 5.69 Å². The van der Waals surface area contributed by atoms with E-state index < -0.39 is 17.4 Å².